The Morgan fingerprint density at radius 3 is 2.84 bits per heavy atom. The van der Waals surface area contributed by atoms with Crippen LogP contribution >= 0.6 is 0 Å². The molecule has 1 saturated heterocycles. The zero-order valence-corrected chi connectivity index (χ0v) is 11.3. The van der Waals surface area contributed by atoms with Crippen molar-refractivity contribution in [3.05, 3.63) is 12.7 Å². The lowest BCUT2D eigenvalue weighted by Crippen LogP contribution is -2.45. The highest BCUT2D eigenvalue weighted by molar-refractivity contribution is 5.88. The summed E-state index contributed by atoms with van der Waals surface area (Å²) in [5.41, 5.74) is 0. The van der Waals surface area contributed by atoms with Gasteiger partial charge in [0.25, 0.3) is 0 Å². The average molecular weight is 269 g/mol. The van der Waals surface area contributed by atoms with Crippen molar-refractivity contribution in [1.82, 2.24) is 4.90 Å². The van der Waals surface area contributed by atoms with Crippen molar-refractivity contribution in [2.24, 2.45) is 0 Å². The molecule has 1 aliphatic rings. The van der Waals surface area contributed by atoms with Gasteiger partial charge in [-0.05, 0) is 13.3 Å². The van der Waals surface area contributed by atoms with Gasteiger partial charge < -0.3 is 14.4 Å². The smallest absolute Gasteiger partial charge is 0.328 e. The second-order valence-electron chi connectivity index (χ2n) is 4.40. The Hall–Kier alpha value is -1.85. The van der Waals surface area contributed by atoms with Gasteiger partial charge in [0.05, 0.1) is 13.5 Å². The zero-order valence-electron chi connectivity index (χ0n) is 11.3. The second kappa shape index (κ2) is 6.92. The second-order valence-corrected chi connectivity index (χ2v) is 4.40. The van der Waals surface area contributed by atoms with Crippen LogP contribution in [0.25, 0.3) is 0 Å². The van der Waals surface area contributed by atoms with E-state index >= 15 is 0 Å². The Balaban J connectivity index is 2.64. The van der Waals surface area contributed by atoms with Gasteiger partial charge in [0.2, 0.25) is 5.91 Å². The van der Waals surface area contributed by atoms with Gasteiger partial charge in [-0.3, -0.25) is 9.59 Å². The summed E-state index contributed by atoms with van der Waals surface area (Å²) >= 11 is 0. The van der Waals surface area contributed by atoms with Crippen molar-refractivity contribution < 1.29 is 23.9 Å². The monoisotopic (exact) mass is 269 g/mol. The van der Waals surface area contributed by atoms with E-state index in [0.29, 0.717) is 12.8 Å². The Bertz CT molecular complexity index is 379. The van der Waals surface area contributed by atoms with Crippen molar-refractivity contribution >= 4 is 17.8 Å². The van der Waals surface area contributed by atoms with Gasteiger partial charge in [0, 0.05) is 12.5 Å². The number of hydrogen-bond acceptors (Lipinski definition) is 5. The number of carbonyl (C=O) groups is 3. The van der Waals surface area contributed by atoms with Crippen LogP contribution in [0.5, 0.6) is 0 Å². The maximum Gasteiger partial charge on any atom is 0.328 e. The minimum absolute atomic E-state index is 0.0487. The largest absolute Gasteiger partial charge is 0.467 e. The third-order valence-electron chi connectivity index (χ3n) is 3.03. The van der Waals surface area contributed by atoms with E-state index in [0.717, 1.165) is 0 Å². The fraction of sp³-hybridized carbons (Fsp3) is 0.615. The van der Waals surface area contributed by atoms with Crippen LogP contribution in [0.4, 0.5) is 0 Å². The zero-order chi connectivity index (χ0) is 14.4. The van der Waals surface area contributed by atoms with Gasteiger partial charge in [-0.15, -0.1) is 0 Å². The van der Waals surface area contributed by atoms with Crippen LogP contribution in [-0.4, -0.2) is 48.5 Å². The maximum atomic E-state index is 11.8. The number of amides is 1. The Morgan fingerprint density at radius 2 is 2.26 bits per heavy atom. The molecule has 0 aromatic heterocycles. The van der Waals surface area contributed by atoms with Gasteiger partial charge in [-0.1, -0.05) is 12.7 Å². The molecule has 1 heterocycles. The predicted octanol–water partition coefficient (Wildman–Crippen LogP) is 0.658. The normalized spacial score (nSPS) is 20.0. The Labute approximate surface area is 112 Å². The number of nitrogens with zero attached hydrogens (tertiary/aromatic N) is 1. The molecular formula is C13H19NO5. The average Bonchev–Trinajstić information content (AvgIpc) is 2.77. The van der Waals surface area contributed by atoms with Crippen LogP contribution in [-0.2, 0) is 23.9 Å². The van der Waals surface area contributed by atoms with E-state index in [4.69, 9.17) is 4.74 Å². The summed E-state index contributed by atoms with van der Waals surface area (Å²) in [7, 11) is 1.28. The highest BCUT2D eigenvalue weighted by Gasteiger charge is 2.40. The topological polar surface area (TPSA) is 72.9 Å². The molecule has 6 nitrogen and oxygen atoms in total. The van der Waals surface area contributed by atoms with Crippen LogP contribution < -0.4 is 0 Å². The van der Waals surface area contributed by atoms with E-state index in [-0.39, 0.29) is 18.9 Å². The SMILES string of the molecule is C=CCOC(=O)CC(C)N1C(=O)CCC1C(=O)OC. The van der Waals surface area contributed by atoms with E-state index < -0.39 is 24.0 Å². The molecule has 0 aliphatic carbocycles. The summed E-state index contributed by atoms with van der Waals surface area (Å²) < 4.78 is 9.54. The Morgan fingerprint density at radius 1 is 1.58 bits per heavy atom. The number of hydrogen-bond donors (Lipinski definition) is 0. The molecule has 19 heavy (non-hydrogen) atoms. The molecule has 1 fully saturated rings. The third kappa shape index (κ3) is 3.81. The summed E-state index contributed by atoms with van der Waals surface area (Å²) in [6, 6.07) is -0.990. The van der Waals surface area contributed by atoms with Crippen molar-refractivity contribution in [3.8, 4) is 0 Å². The summed E-state index contributed by atoms with van der Waals surface area (Å²) in [4.78, 5) is 36.3. The fourth-order valence-corrected chi connectivity index (χ4v) is 2.17. The molecular weight excluding hydrogens is 250 g/mol. The number of rotatable bonds is 6. The van der Waals surface area contributed by atoms with E-state index in [1.807, 2.05) is 0 Å². The predicted molar refractivity (Wildman–Crippen MR) is 67.1 cm³/mol. The van der Waals surface area contributed by atoms with Crippen LogP contribution in [0.1, 0.15) is 26.2 Å². The molecule has 1 rings (SSSR count). The van der Waals surface area contributed by atoms with Crippen LogP contribution in [0.15, 0.2) is 12.7 Å². The van der Waals surface area contributed by atoms with Gasteiger partial charge in [-0.2, -0.15) is 0 Å². The molecule has 0 aromatic carbocycles. The van der Waals surface area contributed by atoms with Crippen LogP contribution in [0.3, 0.4) is 0 Å². The van der Waals surface area contributed by atoms with E-state index in [1.165, 1.54) is 18.1 Å². The van der Waals surface area contributed by atoms with Gasteiger partial charge in [0.1, 0.15) is 12.6 Å². The lowest BCUT2D eigenvalue weighted by atomic mass is 10.1. The number of likely N-dealkylation sites (tertiary alicyclic amines) is 1. The number of carbonyl (C=O) groups excluding carboxylic acids is 3. The first-order valence-corrected chi connectivity index (χ1v) is 6.16. The van der Waals surface area contributed by atoms with Gasteiger partial charge >= 0.3 is 11.9 Å². The molecule has 0 radical (unpaired) electrons. The molecule has 0 N–H and O–H groups in total. The van der Waals surface area contributed by atoms with Crippen molar-refractivity contribution in [1.29, 1.82) is 0 Å². The molecule has 1 aliphatic heterocycles. The highest BCUT2D eigenvalue weighted by atomic mass is 16.5. The molecule has 1 amide bonds. The van der Waals surface area contributed by atoms with Gasteiger partial charge in [0.15, 0.2) is 0 Å². The first kappa shape index (κ1) is 15.2. The van der Waals surface area contributed by atoms with Crippen LogP contribution in [0, 0.1) is 0 Å². The van der Waals surface area contributed by atoms with E-state index in [2.05, 4.69) is 11.3 Å². The molecule has 6 heteroatoms. The lowest BCUT2D eigenvalue weighted by molar-refractivity contribution is -0.153. The van der Waals surface area contributed by atoms with Crippen molar-refractivity contribution in [3.63, 3.8) is 0 Å². The molecule has 0 aromatic rings. The van der Waals surface area contributed by atoms with E-state index in [9.17, 15) is 14.4 Å². The van der Waals surface area contributed by atoms with Gasteiger partial charge in [-0.25, -0.2) is 4.79 Å². The summed E-state index contributed by atoms with van der Waals surface area (Å²) in [5, 5.41) is 0. The molecule has 2 atom stereocenters. The Kier molecular flexibility index (Phi) is 5.54. The lowest BCUT2D eigenvalue weighted by Gasteiger charge is -2.28. The number of methoxy groups -OCH3 is 1. The number of esters is 2. The van der Waals surface area contributed by atoms with E-state index in [1.54, 1.807) is 6.92 Å². The maximum absolute atomic E-state index is 11.8. The summed E-state index contributed by atoms with van der Waals surface area (Å²) in [6.07, 6.45) is 2.25. The summed E-state index contributed by atoms with van der Waals surface area (Å²) in [6.45, 7) is 5.30. The summed E-state index contributed by atoms with van der Waals surface area (Å²) in [5.74, 6) is -1.01. The molecule has 0 saturated carbocycles. The quantitative estimate of drug-likeness (QED) is 0.523. The minimum Gasteiger partial charge on any atom is -0.467 e. The minimum atomic E-state index is -0.597. The molecule has 0 bridgehead atoms. The molecule has 2 unspecified atom stereocenters. The molecule has 0 spiro atoms. The first-order chi connectivity index (χ1) is 9.01. The van der Waals surface area contributed by atoms with Crippen LogP contribution in [0.2, 0.25) is 0 Å². The first-order valence-electron chi connectivity index (χ1n) is 6.16. The number of ether oxygens (including phenoxy) is 2. The van der Waals surface area contributed by atoms with Crippen molar-refractivity contribution in [2.75, 3.05) is 13.7 Å². The fourth-order valence-electron chi connectivity index (χ4n) is 2.17. The third-order valence-corrected chi connectivity index (χ3v) is 3.03. The van der Waals surface area contributed by atoms with Crippen molar-refractivity contribution in [2.45, 2.75) is 38.3 Å². The highest BCUT2D eigenvalue weighted by Crippen LogP contribution is 2.24. The molecule has 106 valence electrons. The standard InChI is InChI=1S/C13H19NO5/c1-4-7-19-12(16)8-9(2)14-10(13(17)18-3)5-6-11(14)15/h4,9-10H,1,5-8H2,2-3H3.